The Kier molecular flexibility index (Phi) is 16.3. The Bertz CT molecular complexity index is 3080. The normalized spacial score (nSPS) is 12.6. The predicted octanol–water partition coefficient (Wildman–Crippen LogP) is 9.00. The van der Waals surface area contributed by atoms with E-state index in [0.717, 1.165) is 79.2 Å². The monoisotopic (exact) mass is 962 g/mol. The van der Waals surface area contributed by atoms with Crippen LogP contribution in [0, 0.1) is 6.92 Å². The number of anilines is 3. The predicted molar refractivity (Wildman–Crippen MR) is 285 cm³/mol. The summed E-state index contributed by atoms with van der Waals surface area (Å²) in [4.78, 5) is 52.0. The third kappa shape index (κ3) is 11.8. The van der Waals surface area contributed by atoms with Crippen molar-refractivity contribution in [1.82, 2.24) is 55.6 Å². The molecule has 0 spiro atoms. The highest BCUT2D eigenvalue weighted by molar-refractivity contribution is 7.59. The second-order valence-electron chi connectivity index (χ2n) is 17.4. The summed E-state index contributed by atoms with van der Waals surface area (Å²) in [7, 11) is 3.60. The molecule has 69 heavy (non-hydrogen) atoms. The second kappa shape index (κ2) is 22.1. The van der Waals surface area contributed by atoms with Gasteiger partial charge in [0, 0.05) is 109 Å². The number of hydrogen-bond donors (Lipinski definition) is 4. The van der Waals surface area contributed by atoms with Crippen LogP contribution in [-0.4, -0.2) is 83.5 Å². The number of hydrogen-bond acceptors (Lipinski definition) is 15. The Labute approximate surface area is 416 Å². The third-order valence-electron chi connectivity index (χ3n) is 11.3. The minimum absolute atomic E-state index is 0. The number of hydrazine groups is 1. The summed E-state index contributed by atoms with van der Waals surface area (Å²) in [5.74, 6) is 1.69. The first-order chi connectivity index (χ1) is 32.3. The van der Waals surface area contributed by atoms with Gasteiger partial charge in [0.05, 0.1) is 45.6 Å². The van der Waals surface area contributed by atoms with Gasteiger partial charge in [-0.1, -0.05) is 56.8 Å². The van der Waals surface area contributed by atoms with E-state index in [2.05, 4.69) is 99.9 Å². The van der Waals surface area contributed by atoms with Crippen LogP contribution in [-0.2, 0) is 0 Å². The van der Waals surface area contributed by atoms with Crippen molar-refractivity contribution in [1.29, 1.82) is 0 Å². The van der Waals surface area contributed by atoms with Gasteiger partial charge in [0.1, 0.15) is 29.9 Å². The van der Waals surface area contributed by atoms with Crippen molar-refractivity contribution in [3.63, 3.8) is 0 Å². The van der Waals surface area contributed by atoms with Crippen LogP contribution in [0.3, 0.4) is 0 Å². The number of aryl methyl sites for hydroxylation is 1. The van der Waals surface area contributed by atoms with Crippen molar-refractivity contribution < 1.29 is 9.53 Å². The summed E-state index contributed by atoms with van der Waals surface area (Å²) < 4.78 is 5.69. The van der Waals surface area contributed by atoms with Crippen molar-refractivity contribution in [3.8, 4) is 28.5 Å². The molecule has 0 saturated heterocycles. The standard InChI is InChI=1S/C26H29N7O2.C25H25N7.2H2S/c1-16(18-7-6-8-19-20(24(34)27-5)9-10-28-23(18)19)12-29-22-11-21(32-15-33-22)17-13-30-25(31-14-17)35-26(2,3)4;1-15(11-27-23-10-21(29-14-30-23)18-9-8-16(2)26-12-18)19-6-5-7-20-24-17(3)31-32(4)22(24)13-28-25(19)20;;/h6-11,13-16H,12H2,1-5H3,(H,27,34)(H,29,32,33);5-10,12-15,31H,3,11H2,1-2,4H3,(H,27,29,30);2*1H2/t16-;15-;;/m11../s1. The van der Waals surface area contributed by atoms with Gasteiger partial charge in [0.2, 0.25) is 0 Å². The zero-order valence-electron chi connectivity index (χ0n) is 40.0. The first-order valence-corrected chi connectivity index (χ1v) is 22.0. The molecule has 0 saturated carbocycles. The Morgan fingerprint density at radius 3 is 1.88 bits per heavy atom. The number of benzene rings is 2. The Morgan fingerprint density at radius 2 is 1.30 bits per heavy atom. The van der Waals surface area contributed by atoms with E-state index < -0.39 is 0 Å². The number of fused-ring (bicyclic) bond motifs is 4. The molecule has 16 nitrogen and oxygen atoms in total. The third-order valence-corrected chi connectivity index (χ3v) is 11.3. The number of aromatic nitrogens is 9. The summed E-state index contributed by atoms with van der Waals surface area (Å²) in [5.41, 5.74) is 14.9. The molecule has 0 bridgehead atoms. The fourth-order valence-corrected chi connectivity index (χ4v) is 7.81. The molecule has 356 valence electrons. The zero-order valence-corrected chi connectivity index (χ0v) is 42.0. The first kappa shape index (κ1) is 51.0. The number of nitrogens with zero attached hydrogens (tertiary/aromatic N) is 10. The lowest BCUT2D eigenvalue weighted by molar-refractivity contribution is 0.0964. The topological polar surface area (TPSA) is 194 Å². The van der Waals surface area contributed by atoms with E-state index in [1.165, 1.54) is 11.9 Å². The van der Waals surface area contributed by atoms with Crippen molar-refractivity contribution in [2.75, 3.05) is 42.8 Å². The minimum Gasteiger partial charge on any atom is -0.458 e. The summed E-state index contributed by atoms with van der Waals surface area (Å²) >= 11 is 0. The van der Waals surface area contributed by atoms with Gasteiger partial charge in [-0.05, 0) is 57.0 Å². The van der Waals surface area contributed by atoms with Gasteiger partial charge in [0.25, 0.3) is 5.91 Å². The summed E-state index contributed by atoms with van der Waals surface area (Å²) in [6.45, 7) is 17.6. The number of nitrogens with one attached hydrogen (secondary N) is 4. The molecule has 9 rings (SSSR count). The maximum atomic E-state index is 12.3. The Balaban J connectivity index is 0.000000221. The van der Waals surface area contributed by atoms with Crippen LogP contribution in [0.4, 0.5) is 17.3 Å². The van der Waals surface area contributed by atoms with Crippen LogP contribution in [0.2, 0.25) is 0 Å². The van der Waals surface area contributed by atoms with Crippen molar-refractivity contribution >= 4 is 77.7 Å². The lowest BCUT2D eigenvalue weighted by Crippen LogP contribution is -2.25. The van der Waals surface area contributed by atoms with Crippen LogP contribution in [0.25, 0.3) is 50.0 Å². The quantitative estimate of drug-likeness (QED) is 0.0906. The molecule has 2 aromatic carbocycles. The molecule has 8 aromatic rings. The first-order valence-electron chi connectivity index (χ1n) is 22.0. The van der Waals surface area contributed by atoms with Crippen LogP contribution in [0.5, 0.6) is 6.01 Å². The van der Waals surface area contributed by atoms with E-state index >= 15 is 0 Å². The minimum atomic E-state index is -0.367. The number of carbonyl (C=O) groups excluding carboxylic acids is 1. The van der Waals surface area contributed by atoms with E-state index in [0.29, 0.717) is 29.6 Å². The summed E-state index contributed by atoms with van der Waals surface area (Å²) in [5, 5.41) is 13.4. The lowest BCUT2D eigenvalue weighted by atomic mass is 9.95. The van der Waals surface area contributed by atoms with Crippen molar-refractivity contribution in [2.45, 2.75) is 59.0 Å². The second-order valence-corrected chi connectivity index (χ2v) is 17.4. The average Bonchev–Trinajstić information content (AvgIpc) is 3.64. The van der Waals surface area contributed by atoms with Gasteiger partial charge in [-0.2, -0.15) is 27.0 Å². The SMILES string of the molecule is C=C1NN(C)c2cnc3c([C@H](C)CNc4cc(-c5ccc(C)nc5)ncn4)cccc3c21.CNC(=O)c1ccnc2c([C@H](C)CNc3cc(-c4cnc(OC(C)(C)C)nc4)ncn3)cccc12.S.S. The van der Waals surface area contributed by atoms with E-state index in [9.17, 15) is 4.79 Å². The van der Waals surface area contributed by atoms with Crippen molar-refractivity contribution in [3.05, 3.63) is 145 Å². The molecule has 1 aliphatic heterocycles. The molecule has 2 atom stereocenters. The number of rotatable bonds is 12. The largest absolute Gasteiger partial charge is 0.458 e. The fraction of sp³-hybridized carbons (Fsp3) is 0.255. The maximum Gasteiger partial charge on any atom is 0.316 e. The lowest BCUT2D eigenvalue weighted by Gasteiger charge is -2.19. The highest BCUT2D eigenvalue weighted by atomic mass is 32.1. The number of amides is 1. The van der Waals surface area contributed by atoms with Gasteiger partial charge < -0.3 is 20.7 Å². The molecule has 18 heteroatoms. The molecular formula is C51H58N14O2S2. The van der Waals surface area contributed by atoms with Crippen LogP contribution in [0.15, 0.2) is 117 Å². The van der Waals surface area contributed by atoms with Gasteiger partial charge in [0.15, 0.2) is 0 Å². The van der Waals surface area contributed by atoms with Gasteiger partial charge >= 0.3 is 6.01 Å². The van der Waals surface area contributed by atoms with Crippen LogP contribution in [0.1, 0.15) is 79.2 Å². The molecule has 1 aliphatic rings. The molecular weight excluding hydrogens is 905 g/mol. The summed E-state index contributed by atoms with van der Waals surface area (Å²) in [6.07, 6.45) is 11.9. The van der Waals surface area contributed by atoms with Crippen molar-refractivity contribution in [2.24, 2.45) is 0 Å². The number of ether oxygens (including phenoxy) is 1. The number of carbonyl (C=O) groups is 1. The average molecular weight is 963 g/mol. The Hall–Kier alpha value is -7.44. The molecule has 6 aromatic heterocycles. The van der Waals surface area contributed by atoms with Crippen LogP contribution < -0.4 is 31.1 Å². The molecule has 7 heterocycles. The Morgan fingerprint density at radius 1 is 0.725 bits per heavy atom. The van der Waals surface area contributed by atoms with E-state index in [-0.39, 0.29) is 50.3 Å². The molecule has 0 radical (unpaired) electrons. The summed E-state index contributed by atoms with van der Waals surface area (Å²) in [6, 6.07) is 22.2. The molecule has 4 N–H and O–H groups in total. The number of pyridine rings is 3. The zero-order chi connectivity index (χ0) is 47.2. The highest BCUT2D eigenvalue weighted by Gasteiger charge is 2.24. The number of para-hydroxylation sites is 2. The van der Waals surface area contributed by atoms with Gasteiger partial charge in [-0.25, -0.2) is 29.9 Å². The maximum absolute atomic E-state index is 12.3. The molecule has 0 unspecified atom stereocenters. The smallest absolute Gasteiger partial charge is 0.316 e. The fourth-order valence-electron chi connectivity index (χ4n) is 7.81. The molecule has 0 fully saturated rings. The van der Waals surface area contributed by atoms with Gasteiger partial charge in [-0.15, -0.1) is 0 Å². The molecule has 1 amide bonds. The van der Waals surface area contributed by atoms with Gasteiger partial charge in [-0.3, -0.25) is 30.2 Å². The highest BCUT2D eigenvalue weighted by Crippen LogP contribution is 2.37. The van der Waals surface area contributed by atoms with E-state index in [1.807, 2.05) is 94.6 Å². The van der Waals surface area contributed by atoms with E-state index in [1.54, 1.807) is 38.0 Å². The van der Waals surface area contributed by atoms with Crippen LogP contribution >= 0.6 is 27.0 Å². The van der Waals surface area contributed by atoms with E-state index in [4.69, 9.17) is 9.72 Å². The molecule has 0 aliphatic carbocycles.